The molecule has 0 N–H and O–H groups in total. The van der Waals surface area contributed by atoms with Gasteiger partial charge in [0.1, 0.15) is 5.76 Å². The van der Waals surface area contributed by atoms with Crippen molar-refractivity contribution in [2.24, 2.45) is 0 Å². The molecule has 66 valence electrons. The van der Waals surface area contributed by atoms with Crippen molar-refractivity contribution >= 4 is 0 Å². The maximum atomic E-state index is 5.44. The number of hydrogen-bond acceptors (Lipinski definition) is 1. The van der Waals surface area contributed by atoms with E-state index in [2.05, 4.69) is 6.58 Å². The molecule has 0 aromatic carbocycles. The Balaban J connectivity index is 4.34. The number of ether oxygens (including phenoxy) is 1. The standard InChI is InChI=1S/C11H16O/c1-5-8-11(9-6-2)12-10(4)7-3/h5-9H,1H2,2-4H3/b9-6-,10-7+,11-8+. The Labute approximate surface area is 74.7 Å². The molecule has 0 bridgehead atoms. The second kappa shape index (κ2) is 6.47. The molecule has 0 amide bonds. The van der Waals surface area contributed by atoms with E-state index in [1.807, 2.05) is 45.1 Å². The second-order valence-corrected chi connectivity index (χ2v) is 2.31. The lowest BCUT2D eigenvalue weighted by Crippen LogP contribution is -1.85. The highest BCUT2D eigenvalue weighted by atomic mass is 16.5. The lowest BCUT2D eigenvalue weighted by Gasteiger charge is -2.04. The average Bonchev–Trinajstić information content (AvgIpc) is 2.05. The fourth-order valence-electron chi connectivity index (χ4n) is 0.649. The maximum absolute atomic E-state index is 5.44. The predicted octanol–water partition coefficient (Wildman–Crippen LogP) is 3.57. The first-order valence-corrected chi connectivity index (χ1v) is 4.00. The third kappa shape index (κ3) is 4.56. The molecule has 0 rings (SSSR count). The average molecular weight is 164 g/mol. The Bertz CT molecular complexity index is 219. The van der Waals surface area contributed by atoms with E-state index < -0.39 is 0 Å². The minimum atomic E-state index is 0.808. The summed E-state index contributed by atoms with van der Waals surface area (Å²) in [5.74, 6) is 1.70. The number of rotatable bonds is 4. The molecule has 0 aliphatic rings. The van der Waals surface area contributed by atoms with Crippen LogP contribution in [-0.2, 0) is 4.74 Å². The van der Waals surface area contributed by atoms with Crippen LogP contribution < -0.4 is 0 Å². The molecule has 0 heterocycles. The van der Waals surface area contributed by atoms with E-state index in [1.165, 1.54) is 0 Å². The summed E-state index contributed by atoms with van der Waals surface area (Å²) in [5.41, 5.74) is 0. The van der Waals surface area contributed by atoms with E-state index in [0.29, 0.717) is 0 Å². The van der Waals surface area contributed by atoms with Crippen molar-refractivity contribution in [3.8, 4) is 0 Å². The summed E-state index contributed by atoms with van der Waals surface area (Å²) in [6.45, 7) is 9.41. The molecule has 0 aromatic rings. The third-order valence-electron chi connectivity index (χ3n) is 1.30. The van der Waals surface area contributed by atoms with Gasteiger partial charge in [-0.05, 0) is 39.0 Å². The zero-order valence-electron chi connectivity index (χ0n) is 8.00. The molecule has 0 saturated carbocycles. The van der Waals surface area contributed by atoms with E-state index in [-0.39, 0.29) is 0 Å². The summed E-state index contributed by atoms with van der Waals surface area (Å²) < 4.78 is 5.44. The predicted molar refractivity (Wildman–Crippen MR) is 53.6 cm³/mol. The van der Waals surface area contributed by atoms with Crippen molar-refractivity contribution in [1.82, 2.24) is 0 Å². The molecule has 0 atom stereocenters. The highest BCUT2D eigenvalue weighted by molar-refractivity contribution is 5.18. The number of hydrogen-bond donors (Lipinski definition) is 0. The Kier molecular flexibility index (Phi) is 5.80. The van der Waals surface area contributed by atoms with Gasteiger partial charge < -0.3 is 4.74 Å². The van der Waals surface area contributed by atoms with Crippen LogP contribution in [-0.4, -0.2) is 0 Å². The molecule has 0 aliphatic heterocycles. The van der Waals surface area contributed by atoms with Crippen molar-refractivity contribution in [1.29, 1.82) is 0 Å². The quantitative estimate of drug-likeness (QED) is 0.456. The smallest absolute Gasteiger partial charge is 0.126 e. The van der Waals surface area contributed by atoms with E-state index in [0.717, 1.165) is 11.5 Å². The summed E-state index contributed by atoms with van der Waals surface area (Å²) in [5, 5.41) is 0. The van der Waals surface area contributed by atoms with Crippen molar-refractivity contribution in [2.75, 3.05) is 0 Å². The van der Waals surface area contributed by atoms with Gasteiger partial charge in [0.2, 0.25) is 0 Å². The molecule has 0 unspecified atom stereocenters. The van der Waals surface area contributed by atoms with Crippen LogP contribution in [0.4, 0.5) is 0 Å². The van der Waals surface area contributed by atoms with Crippen LogP contribution in [0.25, 0.3) is 0 Å². The topological polar surface area (TPSA) is 9.23 Å². The van der Waals surface area contributed by atoms with Gasteiger partial charge in [0.15, 0.2) is 0 Å². The zero-order chi connectivity index (χ0) is 9.40. The fraction of sp³-hybridized carbons (Fsp3) is 0.273. The molecule has 0 spiro atoms. The van der Waals surface area contributed by atoms with Crippen molar-refractivity contribution in [2.45, 2.75) is 20.8 Å². The molecule has 1 nitrogen and oxygen atoms in total. The van der Waals surface area contributed by atoms with Gasteiger partial charge in [0.05, 0.1) is 5.76 Å². The molecule has 0 saturated heterocycles. The van der Waals surface area contributed by atoms with E-state index in [1.54, 1.807) is 6.08 Å². The Morgan fingerprint density at radius 3 is 2.42 bits per heavy atom. The van der Waals surface area contributed by atoms with Crippen LogP contribution in [0.5, 0.6) is 0 Å². The summed E-state index contributed by atoms with van der Waals surface area (Å²) in [6.07, 6.45) is 9.28. The molecule has 0 aromatic heterocycles. The normalized spacial score (nSPS) is 13.6. The molecular weight excluding hydrogens is 148 g/mol. The molecule has 0 radical (unpaired) electrons. The van der Waals surface area contributed by atoms with Gasteiger partial charge >= 0.3 is 0 Å². The lowest BCUT2D eigenvalue weighted by molar-refractivity contribution is 0.321. The van der Waals surface area contributed by atoms with Gasteiger partial charge in [-0.2, -0.15) is 0 Å². The lowest BCUT2D eigenvalue weighted by atomic mass is 10.4. The van der Waals surface area contributed by atoms with Gasteiger partial charge in [-0.1, -0.05) is 18.7 Å². The maximum Gasteiger partial charge on any atom is 0.126 e. The molecule has 0 fully saturated rings. The highest BCUT2D eigenvalue weighted by Crippen LogP contribution is 2.07. The van der Waals surface area contributed by atoms with Gasteiger partial charge in [-0.25, -0.2) is 0 Å². The van der Waals surface area contributed by atoms with Gasteiger partial charge in [-0.15, -0.1) is 0 Å². The minimum absolute atomic E-state index is 0.808. The van der Waals surface area contributed by atoms with Crippen LogP contribution >= 0.6 is 0 Å². The Hall–Kier alpha value is -1.24. The fourth-order valence-corrected chi connectivity index (χ4v) is 0.649. The van der Waals surface area contributed by atoms with Crippen LogP contribution in [0.3, 0.4) is 0 Å². The number of allylic oxidation sites excluding steroid dienone is 6. The summed E-state index contributed by atoms with van der Waals surface area (Å²) in [7, 11) is 0. The molecule has 0 aliphatic carbocycles. The van der Waals surface area contributed by atoms with Crippen molar-refractivity contribution in [3.63, 3.8) is 0 Å². The Morgan fingerprint density at radius 2 is 2.00 bits per heavy atom. The molecule has 12 heavy (non-hydrogen) atoms. The zero-order valence-corrected chi connectivity index (χ0v) is 8.00. The first-order valence-electron chi connectivity index (χ1n) is 4.00. The highest BCUT2D eigenvalue weighted by Gasteiger charge is 1.91. The largest absolute Gasteiger partial charge is 0.462 e. The Morgan fingerprint density at radius 1 is 1.33 bits per heavy atom. The van der Waals surface area contributed by atoms with Crippen LogP contribution in [0.15, 0.2) is 48.5 Å². The minimum Gasteiger partial charge on any atom is -0.462 e. The van der Waals surface area contributed by atoms with Crippen LogP contribution in [0, 0.1) is 0 Å². The summed E-state index contributed by atoms with van der Waals surface area (Å²) in [4.78, 5) is 0. The van der Waals surface area contributed by atoms with Gasteiger partial charge in [0, 0.05) is 0 Å². The van der Waals surface area contributed by atoms with Crippen molar-refractivity contribution in [3.05, 3.63) is 48.5 Å². The van der Waals surface area contributed by atoms with Crippen LogP contribution in [0.1, 0.15) is 20.8 Å². The van der Waals surface area contributed by atoms with Gasteiger partial charge in [-0.3, -0.25) is 0 Å². The monoisotopic (exact) mass is 164 g/mol. The van der Waals surface area contributed by atoms with Crippen LogP contribution in [0.2, 0.25) is 0 Å². The SMILES string of the molecule is C=C/C=C(\C=C/C)O/C(C)=C/C. The van der Waals surface area contributed by atoms with E-state index in [9.17, 15) is 0 Å². The van der Waals surface area contributed by atoms with Crippen molar-refractivity contribution < 1.29 is 4.74 Å². The summed E-state index contributed by atoms with van der Waals surface area (Å²) in [6, 6.07) is 0. The third-order valence-corrected chi connectivity index (χ3v) is 1.30. The summed E-state index contributed by atoms with van der Waals surface area (Å²) >= 11 is 0. The first kappa shape index (κ1) is 10.8. The first-order chi connectivity index (χ1) is 5.74. The molecule has 1 heteroatoms. The van der Waals surface area contributed by atoms with Gasteiger partial charge in [0.25, 0.3) is 0 Å². The van der Waals surface area contributed by atoms with E-state index in [4.69, 9.17) is 4.74 Å². The van der Waals surface area contributed by atoms with E-state index >= 15 is 0 Å². The molecular formula is C11H16O. The second-order valence-electron chi connectivity index (χ2n) is 2.31.